The lowest BCUT2D eigenvalue weighted by molar-refractivity contribution is -0.384. The zero-order valence-corrected chi connectivity index (χ0v) is 10.7. The second kappa shape index (κ2) is 5.71. The molecule has 0 unspecified atom stereocenters. The Bertz CT molecular complexity index is 479. The summed E-state index contributed by atoms with van der Waals surface area (Å²) < 4.78 is 5.36. The van der Waals surface area contributed by atoms with Crippen molar-refractivity contribution in [2.24, 2.45) is 0 Å². The maximum absolute atomic E-state index is 10.5. The Morgan fingerprint density at radius 2 is 1.75 bits per heavy atom. The predicted octanol–water partition coefficient (Wildman–Crippen LogP) is -0.166. The van der Waals surface area contributed by atoms with Gasteiger partial charge in [-0.3, -0.25) is 10.1 Å². The molecule has 1 aromatic carbocycles. The molecule has 0 aliphatic carbocycles. The van der Waals surface area contributed by atoms with Gasteiger partial charge in [0.25, 0.3) is 5.69 Å². The first-order valence-electron chi connectivity index (χ1n) is 6.11. The third kappa shape index (κ3) is 2.88. The van der Waals surface area contributed by atoms with E-state index in [0.717, 1.165) is 0 Å². The SMILES string of the molecule is C[C@@H]1O[C@@H](Nc2ccc([N+](=O)[O-])cc2)[C@@H](O)[C@@H](O)[C@H]1O. The van der Waals surface area contributed by atoms with Gasteiger partial charge in [0.1, 0.15) is 18.3 Å². The Kier molecular flexibility index (Phi) is 4.19. The average molecular weight is 284 g/mol. The van der Waals surface area contributed by atoms with E-state index in [1.807, 2.05) is 0 Å². The summed E-state index contributed by atoms with van der Waals surface area (Å²) in [5, 5.41) is 42.4. The van der Waals surface area contributed by atoms with Crippen LogP contribution >= 0.6 is 0 Å². The quantitative estimate of drug-likeness (QED) is 0.448. The number of ether oxygens (including phenoxy) is 1. The Morgan fingerprint density at radius 1 is 1.15 bits per heavy atom. The number of nitrogens with zero attached hydrogens (tertiary/aromatic N) is 1. The molecule has 8 heteroatoms. The van der Waals surface area contributed by atoms with Crippen LogP contribution in [0.25, 0.3) is 0 Å². The van der Waals surface area contributed by atoms with Crippen LogP contribution in [-0.4, -0.2) is 50.9 Å². The average Bonchev–Trinajstić information content (AvgIpc) is 2.43. The van der Waals surface area contributed by atoms with Crippen molar-refractivity contribution in [2.75, 3.05) is 5.32 Å². The van der Waals surface area contributed by atoms with Crippen LogP contribution in [-0.2, 0) is 4.74 Å². The van der Waals surface area contributed by atoms with Gasteiger partial charge in [0, 0.05) is 17.8 Å². The second-order valence-corrected chi connectivity index (χ2v) is 4.68. The lowest BCUT2D eigenvalue weighted by atomic mass is 9.99. The number of rotatable bonds is 3. The van der Waals surface area contributed by atoms with Crippen LogP contribution in [0.4, 0.5) is 11.4 Å². The first kappa shape index (κ1) is 14.7. The number of benzene rings is 1. The molecule has 110 valence electrons. The van der Waals surface area contributed by atoms with E-state index in [0.29, 0.717) is 5.69 Å². The molecule has 0 aromatic heterocycles. The van der Waals surface area contributed by atoms with Crippen molar-refractivity contribution >= 4 is 11.4 Å². The van der Waals surface area contributed by atoms with Crippen LogP contribution in [0, 0.1) is 10.1 Å². The van der Waals surface area contributed by atoms with Crippen LogP contribution in [0.5, 0.6) is 0 Å². The fourth-order valence-corrected chi connectivity index (χ4v) is 2.01. The minimum atomic E-state index is -1.32. The molecule has 1 heterocycles. The number of aliphatic hydroxyl groups excluding tert-OH is 3. The van der Waals surface area contributed by atoms with Gasteiger partial charge in [-0.25, -0.2) is 0 Å². The van der Waals surface area contributed by atoms with E-state index >= 15 is 0 Å². The third-order valence-electron chi connectivity index (χ3n) is 3.24. The van der Waals surface area contributed by atoms with Crippen LogP contribution in [0.2, 0.25) is 0 Å². The first-order chi connectivity index (χ1) is 9.40. The van der Waals surface area contributed by atoms with E-state index in [-0.39, 0.29) is 5.69 Å². The molecule has 5 atom stereocenters. The van der Waals surface area contributed by atoms with E-state index in [2.05, 4.69) is 5.32 Å². The third-order valence-corrected chi connectivity index (χ3v) is 3.24. The monoisotopic (exact) mass is 284 g/mol. The predicted molar refractivity (Wildman–Crippen MR) is 69.1 cm³/mol. The van der Waals surface area contributed by atoms with Gasteiger partial charge < -0.3 is 25.4 Å². The molecule has 0 spiro atoms. The lowest BCUT2D eigenvalue weighted by Gasteiger charge is -2.39. The summed E-state index contributed by atoms with van der Waals surface area (Å²) >= 11 is 0. The van der Waals surface area contributed by atoms with Crippen molar-refractivity contribution in [1.82, 2.24) is 0 Å². The van der Waals surface area contributed by atoms with Gasteiger partial charge in [0.15, 0.2) is 6.23 Å². The van der Waals surface area contributed by atoms with Gasteiger partial charge >= 0.3 is 0 Å². The molecule has 0 saturated carbocycles. The molecule has 0 amide bonds. The highest BCUT2D eigenvalue weighted by Crippen LogP contribution is 2.23. The number of nitrogens with one attached hydrogen (secondary N) is 1. The van der Waals surface area contributed by atoms with Crippen LogP contribution < -0.4 is 5.32 Å². The largest absolute Gasteiger partial charge is 0.388 e. The summed E-state index contributed by atoms with van der Waals surface area (Å²) in [5.74, 6) is 0. The lowest BCUT2D eigenvalue weighted by Crippen LogP contribution is -2.58. The highest BCUT2D eigenvalue weighted by Gasteiger charge is 2.41. The Labute approximate surface area is 114 Å². The van der Waals surface area contributed by atoms with Crippen molar-refractivity contribution in [3.63, 3.8) is 0 Å². The van der Waals surface area contributed by atoms with Gasteiger partial charge in [0.05, 0.1) is 11.0 Å². The zero-order chi connectivity index (χ0) is 14.9. The normalized spacial score (nSPS) is 33.7. The van der Waals surface area contributed by atoms with Crippen molar-refractivity contribution in [3.8, 4) is 0 Å². The van der Waals surface area contributed by atoms with Crippen molar-refractivity contribution in [1.29, 1.82) is 0 Å². The maximum Gasteiger partial charge on any atom is 0.269 e. The van der Waals surface area contributed by atoms with Crippen molar-refractivity contribution in [2.45, 2.75) is 37.6 Å². The van der Waals surface area contributed by atoms with Gasteiger partial charge in [-0.15, -0.1) is 0 Å². The number of hydrogen-bond donors (Lipinski definition) is 4. The maximum atomic E-state index is 10.5. The smallest absolute Gasteiger partial charge is 0.269 e. The molecular weight excluding hydrogens is 268 g/mol. The van der Waals surface area contributed by atoms with E-state index < -0.39 is 35.6 Å². The fourth-order valence-electron chi connectivity index (χ4n) is 2.01. The van der Waals surface area contributed by atoms with E-state index in [1.165, 1.54) is 24.3 Å². The first-order valence-corrected chi connectivity index (χ1v) is 6.11. The van der Waals surface area contributed by atoms with E-state index in [9.17, 15) is 25.4 Å². The van der Waals surface area contributed by atoms with Gasteiger partial charge in [-0.05, 0) is 19.1 Å². The van der Waals surface area contributed by atoms with Crippen LogP contribution in [0.15, 0.2) is 24.3 Å². The highest BCUT2D eigenvalue weighted by molar-refractivity contribution is 5.49. The topological polar surface area (TPSA) is 125 Å². The zero-order valence-electron chi connectivity index (χ0n) is 10.7. The van der Waals surface area contributed by atoms with Crippen molar-refractivity contribution in [3.05, 3.63) is 34.4 Å². The number of aliphatic hydroxyl groups is 3. The second-order valence-electron chi connectivity index (χ2n) is 4.68. The molecule has 0 radical (unpaired) electrons. The van der Waals surface area contributed by atoms with Crippen LogP contribution in [0.3, 0.4) is 0 Å². The van der Waals surface area contributed by atoms with E-state index in [1.54, 1.807) is 6.92 Å². The molecule has 20 heavy (non-hydrogen) atoms. The minimum Gasteiger partial charge on any atom is -0.388 e. The Morgan fingerprint density at radius 3 is 2.30 bits per heavy atom. The van der Waals surface area contributed by atoms with Gasteiger partial charge in [0.2, 0.25) is 0 Å². The number of non-ortho nitro benzene ring substituents is 1. The molecule has 4 N–H and O–H groups in total. The molecule has 1 aromatic rings. The fraction of sp³-hybridized carbons (Fsp3) is 0.500. The number of nitro benzene ring substituents is 1. The number of nitro groups is 1. The number of hydrogen-bond acceptors (Lipinski definition) is 7. The molecular formula is C12H16N2O6. The molecule has 1 saturated heterocycles. The van der Waals surface area contributed by atoms with Gasteiger partial charge in [-0.2, -0.15) is 0 Å². The molecule has 8 nitrogen and oxygen atoms in total. The molecule has 0 bridgehead atoms. The molecule has 1 aliphatic heterocycles. The molecule has 1 fully saturated rings. The van der Waals surface area contributed by atoms with Gasteiger partial charge in [-0.1, -0.05) is 0 Å². The standard InChI is InChI=1S/C12H16N2O6/c1-6-9(15)10(16)11(17)12(20-6)13-7-2-4-8(5-3-7)14(18)19/h2-6,9-13,15-17H,1H3/t6-,9-,10-,11-,12+/m0/s1. The minimum absolute atomic E-state index is 0.0514. The summed E-state index contributed by atoms with van der Waals surface area (Å²) in [4.78, 5) is 10.0. The summed E-state index contributed by atoms with van der Waals surface area (Å²) in [6, 6.07) is 5.56. The summed E-state index contributed by atoms with van der Waals surface area (Å²) in [6.45, 7) is 1.57. The highest BCUT2D eigenvalue weighted by atomic mass is 16.6. The molecule has 1 aliphatic rings. The Balaban J connectivity index is 2.07. The van der Waals surface area contributed by atoms with Crippen molar-refractivity contribution < 1.29 is 25.0 Å². The number of anilines is 1. The summed E-state index contributed by atoms with van der Waals surface area (Å²) in [7, 11) is 0. The van der Waals surface area contributed by atoms with E-state index in [4.69, 9.17) is 4.74 Å². The Hall–Kier alpha value is -1.74. The summed E-state index contributed by atoms with van der Waals surface area (Å²) in [5.41, 5.74) is 0.444. The molecule has 2 rings (SSSR count). The van der Waals surface area contributed by atoms with Crippen LogP contribution in [0.1, 0.15) is 6.92 Å². The summed E-state index contributed by atoms with van der Waals surface area (Å²) in [6.07, 6.45) is -5.36.